The molecule has 6 heteroatoms. The number of hydrogen-bond acceptors (Lipinski definition) is 5. The van der Waals surface area contributed by atoms with Gasteiger partial charge in [-0.1, -0.05) is 23.7 Å². The van der Waals surface area contributed by atoms with Gasteiger partial charge in [0.25, 0.3) is 0 Å². The summed E-state index contributed by atoms with van der Waals surface area (Å²) < 4.78 is 5.27. The molecule has 1 aromatic heterocycles. The standard InChI is InChI=1S/C15H16ClN3O2/c1-21-13-4-2-3-10(5-13)14-6-12(20)9-19(14)15-17-7-11(16)8-18-15/h2-5,7-8,12,14,20H,6,9H2,1H3/t12-,14+/m1/s1. The highest BCUT2D eigenvalue weighted by atomic mass is 35.5. The average Bonchev–Trinajstić information content (AvgIpc) is 2.90. The van der Waals surface area contributed by atoms with E-state index in [1.165, 1.54) is 0 Å². The molecular formula is C15H16ClN3O2. The number of hydrogen-bond donors (Lipinski definition) is 1. The minimum Gasteiger partial charge on any atom is -0.497 e. The van der Waals surface area contributed by atoms with Gasteiger partial charge in [0.2, 0.25) is 5.95 Å². The molecule has 0 amide bonds. The van der Waals surface area contributed by atoms with Crippen LogP contribution in [0.25, 0.3) is 0 Å². The normalized spacial score (nSPS) is 21.6. The number of methoxy groups -OCH3 is 1. The number of nitrogens with zero attached hydrogens (tertiary/aromatic N) is 3. The summed E-state index contributed by atoms with van der Waals surface area (Å²) in [5.74, 6) is 1.37. The minimum absolute atomic E-state index is 0.0243. The van der Waals surface area contributed by atoms with Crippen LogP contribution in [0.2, 0.25) is 5.02 Å². The Hall–Kier alpha value is -1.85. The van der Waals surface area contributed by atoms with Gasteiger partial charge in [-0.25, -0.2) is 9.97 Å². The molecule has 1 saturated heterocycles. The van der Waals surface area contributed by atoms with Gasteiger partial charge in [-0.2, -0.15) is 0 Å². The number of halogens is 1. The largest absolute Gasteiger partial charge is 0.497 e. The van der Waals surface area contributed by atoms with Gasteiger partial charge < -0.3 is 14.7 Å². The van der Waals surface area contributed by atoms with Gasteiger partial charge in [0, 0.05) is 6.54 Å². The van der Waals surface area contributed by atoms with E-state index in [0.29, 0.717) is 23.9 Å². The molecule has 1 N–H and O–H groups in total. The summed E-state index contributed by atoms with van der Waals surface area (Å²) in [4.78, 5) is 10.5. The van der Waals surface area contributed by atoms with E-state index >= 15 is 0 Å². The average molecular weight is 306 g/mol. The highest BCUT2D eigenvalue weighted by Crippen LogP contribution is 2.35. The summed E-state index contributed by atoms with van der Waals surface area (Å²) in [5, 5.41) is 10.5. The smallest absolute Gasteiger partial charge is 0.225 e. The van der Waals surface area contributed by atoms with Crippen LogP contribution in [0.5, 0.6) is 5.75 Å². The molecule has 5 nitrogen and oxygen atoms in total. The molecule has 1 fully saturated rings. The molecule has 0 radical (unpaired) electrons. The number of aliphatic hydroxyl groups excluding tert-OH is 1. The van der Waals surface area contributed by atoms with Crippen molar-refractivity contribution in [3.8, 4) is 5.75 Å². The van der Waals surface area contributed by atoms with E-state index in [-0.39, 0.29) is 6.04 Å². The van der Waals surface area contributed by atoms with Crippen molar-refractivity contribution >= 4 is 17.5 Å². The van der Waals surface area contributed by atoms with E-state index in [2.05, 4.69) is 9.97 Å². The van der Waals surface area contributed by atoms with Crippen molar-refractivity contribution in [3.63, 3.8) is 0 Å². The van der Waals surface area contributed by atoms with E-state index in [4.69, 9.17) is 16.3 Å². The molecule has 21 heavy (non-hydrogen) atoms. The molecule has 0 saturated carbocycles. The second kappa shape index (κ2) is 5.87. The van der Waals surface area contributed by atoms with Crippen LogP contribution in [-0.2, 0) is 0 Å². The highest BCUT2D eigenvalue weighted by Gasteiger charge is 2.33. The van der Waals surface area contributed by atoms with Gasteiger partial charge in [-0.15, -0.1) is 0 Å². The van der Waals surface area contributed by atoms with Crippen molar-refractivity contribution in [2.24, 2.45) is 0 Å². The van der Waals surface area contributed by atoms with Crippen molar-refractivity contribution < 1.29 is 9.84 Å². The lowest BCUT2D eigenvalue weighted by atomic mass is 10.0. The first kappa shape index (κ1) is 14.1. The summed E-state index contributed by atoms with van der Waals surface area (Å²) in [5.41, 5.74) is 1.07. The maximum atomic E-state index is 10.0. The highest BCUT2D eigenvalue weighted by molar-refractivity contribution is 6.30. The van der Waals surface area contributed by atoms with Crippen molar-refractivity contribution in [2.75, 3.05) is 18.6 Å². The zero-order chi connectivity index (χ0) is 14.8. The van der Waals surface area contributed by atoms with Gasteiger partial charge in [0.1, 0.15) is 5.75 Å². The molecule has 2 aromatic rings. The molecule has 0 aliphatic carbocycles. The number of aliphatic hydroxyl groups is 1. The maximum absolute atomic E-state index is 10.0. The fraction of sp³-hybridized carbons (Fsp3) is 0.333. The lowest BCUT2D eigenvalue weighted by molar-refractivity contribution is 0.194. The second-order valence-electron chi connectivity index (χ2n) is 5.04. The van der Waals surface area contributed by atoms with Gasteiger partial charge in [-0.05, 0) is 24.1 Å². The van der Waals surface area contributed by atoms with Crippen molar-refractivity contribution in [2.45, 2.75) is 18.6 Å². The quantitative estimate of drug-likeness (QED) is 0.944. The molecule has 3 rings (SSSR count). The van der Waals surface area contributed by atoms with Crippen LogP contribution >= 0.6 is 11.6 Å². The topological polar surface area (TPSA) is 58.5 Å². The first-order valence-electron chi connectivity index (χ1n) is 6.73. The number of benzene rings is 1. The number of rotatable bonds is 3. The van der Waals surface area contributed by atoms with Gasteiger partial charge >= 0.3 is 0 Å². The monoisotopic (exact) mass is 305 g/mol. The van der Waals surface area contributed by atoms with Crippen LogP contribution in [0.15, 0.2) is 36.7 Å². The van der Waals surface area contributed by atoms with Crippen LogP contribution in [0.1, 0.15) is 18.0 Å². The third kappa shape index (κ3) is 2.94. The third-order valence-electron chi connectivity index (χ3n) is 3.62. The molecule has 0 spiro atoms. The van der Waals surface area contributed by atoms with Crippen molar-refractivity contribution in [1.82, 2.24) is 9.97 Å². The van der Waals surface area contributed by atoms with Crippen molar-refractivity contribution in [1.29, 1.82) is 0 Å². The first-order chi connectivity index (χ1) is 10.2. The lowest BCUT2D eigenvalue weighted by Crippen LogP contribution is -2.26. The minimum atomic E-state index is -0.402. The zero-order valence-corrected chi connectivity index (χ0v) is 12.4. The Kier molecular flexibility index (Phi) is 3.94. The van der Waals surface area contributed by atoms with Gasteiger partial charge in [-0.3, -0.25) is 0 Å². The summed E-state index contributed by atoms with van der Waals surface area (Å²) in [7, 11) is 1.64. The number of aromatic nitrogens is 2. The van der Waals surface area contributed by atoms with E-state index in [0.717, 1.165) is 11.3 Å². The Morgan fingerprint density at radius 2 is 2.10 bits per heavy atom. The SMILES string of the molecule is COc1cccc([C@@H]2C[C@@H](O)CN2c2ncc(Cl)cn2)c1. The molecule has 1 aromatic carbocycles. The first-order valence-corrected chi connectivity index (χ1v) is 7.11. The van der Waals surface area contributed by atoms with Crippen molar-refractivity contribution in [3.05, 3.63) is 47.2 Å². The lowest BCUT2D eigenvalue weighted by Gasteiger charge is -2.24. The predicted molar refractivity (Wildman–Crippen MR) is 80.7 cm³/mol. The Morgan fingerprint density at radius 1 is 1.33 bits per heavy atom. The van der Waals surface area contributed by atoms with E-state index in [9.17, 15) is 5.11 Å². The fourth-order valence-electron chi connectivity index (χ4n) is 2.65. The Labute approximate surface area is 128 Å². The van der Waals surface area contributed by atoms with E-state index in [1.807, 2.05) is 29.2 Å². The number of β-amino-alcohol motifs (C(OH)–C–C–N with tert-alkyl or cyclic N) is 1. The summed E-state index contributed by atoms with van der Waals surface area (Å²) in [6.07, 6.45) is 3.37. The van der Waals surface area contributed by atoms with Crippen LogP contribution in [0.3, 0.4) is 0 Å². The summed E-state index contributed by atoms with van der Waals surface area (Å²) >= 11 is 5.83. The fourth-order valence-corrected chi connectivity index (χ4v) is 2.75. The molecule has 2 atom stereocenters. The molecule has 0 unspecified atom stereocenters. The number of anilines is 1. The number of ether oxygens (including phenoxy) is 1. The molecule has 0 bridgehead atoms. The third-order valence-corrected chi connectivity index (χ3v) is 3.82. The van der Waals surface area contributed by atoms with Gasteiger partial charge in [0.05, 0.1) is 36.7 Å². The predicted octanol–water partition coefficient (Wildman–Crippen LogP) is 2.45. The Bertz CT molecular complexity index is 621. The molecular weight excluding hydrogens is 290 g/mol. The summed E-state index contributed by atoms with van der Waals surface area (Å²) in [6, 6.07) is 7.87. The maximum Gasteiger partial charge on any atom is 0.225 e. The van der Waals surface area contributed by atoms with Gasteiger partial charge in [0.15, 0.2) is 0 Å². The zero-order valence-electron chi connectivity index (χ0n) is 11.6. The van der Waals surface area contributed by atoms with Crippen LogP contribution < -0.4 is 9.64 Å². The van der Waals surface area contributed by atoms with Crippen LogP contribution in [0.4, 0.5) is 5.95 Å². The van der Waals surface area contributed by atoms with E-state index < -0.39 is 6.10 Å². The second-order valence-corrected chi connectivity index (χ2v) is 5.47. The molecule has 1 aliphatic rings. The Balaban J connectivity index is 1.93. The molecule has 110 valence electrons. The molecule has 2 heterocycles. The molecule has 1 aliphatic heterocycles. The van der Waals surface area contributed by atoms with E-state index in [1.54, 1.807) is 19.5 Å². The summed E-state index contributed by atoms with van der Waals surface area (Å²) in [6.45, 7) is 0.503. The Morgan fingerprint density at radius 3 is 2.81 bits per heavy atom. The van der Waals surface area contributed by atoms with Crippen LogP contribution in [-0.4, -0.2) is 34.8 Å². The van der Waals surface area contributed by atoms with Crippen LogP contribution in [0, 0.1) is 0 Å².